The average Bonchev–Trinajstić information content (AvgIpc) is 2.75. The number of esters is 1. The zero-order valence-electron chi connectivity index (χ0n) is 15.7. The number of nitrogens with one attached hydrogen (secondary N) is 1. The first-order valence-electron chi connectivity index (χ1n) is 8.74. The molecular weight excluding hydrogens is 358 g/mol. The summed E-state index contributed by atoms with van der Waals surface area (Å²) in [4.78, 5) is 24.3. The first kappa shape index (κ1) is 19.2. The zero-order chi connectivity index (χ0) is 19.9. The lowest BCUT2D eigenvalue weighted by Gasteiger charge is -2.11. The molecule has 28 heavy (non-hydrogen) atoms. The molecule has 3 rings (SSSR count). The molecule has 3 aromatic rings. The van der Waals surface area contributed by atoms with Gasteiger partial charge in [-0.25, -0.2) is 0 Å². The Morgan fingerprint density at radius 1 is 0.893 bits per heavy atom. The maximum absolute atomic E-state index is 12.3. The van der Waals surface area contributed by atoms with Gasteiger partial charge in [0.1, 0.15) is 24.7 Å². The molecular formula is C22H21NO5. The van der Waals surface area contributed by atoms with E-state index >= 15 is 0 Å². The van der Waals surface area contributed by atoms with Crippen LogP contribution in [0, 0.1) is 0 Å². The lowest BCUT2D eigenvalue weighted by Crippen LogP contribution is -2.30. The van der Waals surface area contributed by atoms with Crippen LogP contribution in [0.1, 0.15) is 15.9 Å². The summed E-state index contributed by atoms with van der Waals surface area (Å²) in [6.07, 6.45) is 0. The topological polar surface area (TPSA) is 73.9 Å². The van der Waals surface area contributed by atoms with Gasteiger partial charge in [0.05, 0.1) is 14.2 Å². The molecule has 0 radical (unpaired) electrons. The summed E-state index contributed by atoms with van der Waals surface area (Å²) < 4.78 is 15.7. The van der Waals surface area contributed by atoms with Crippen LogP contribution in [-0.4, -0.2) is 32.6 Å². The van der Waals surface area contributed by atoms with Crippen LogP contribution in [0.3, 0.4) is 0 Å². The maximum Gasteiger partial charge on any atom is 0.325 e. The van der Waals surface area contributed by atoms with Crippen LogP contribution in [-0.2, 0) is 16.1 Å². The molecule has 0 aliphatic heterocycles. The molecule has 0 atom stereocenters. The van der Waals surface area contributed by atoms with Gasteiger partial charge in [0, 0.05) is 11.1 Å². The van der Waals surface area contributed by atoms with E-state index in [-0.39, 0.29) is 19.1 Å². The third-order valence-electron chi connectivity index (χ3n) is 4.28. The normalized spacial score (nSPS) is 10.4. The number of methoxy groups -OCH3 is 2. The Balaban J connectivity index is 1.56. The van der Waals surface area contributed by atoms with E-state index in [1.807, 2.05) is 30.3 Å². The van der Waals surface area contributed by atoms with Crippen molar-refractivity contribution in [2.24, 2.45) is 0 Å². The van der Waals surface area contributed by atoms with E-state index in [2.05, 4.69) is 5.32 Å². The van der Waals surface area contributed by atoms with Crippen molar-refractivity contribution < 1.29 is 23.8 Å². The van der Waals surface area contributed by atoms with Crippen molar-refractivity contribution in [1.29, 1.82) is 0 Å². The Morgan fingerprint density at radius 3 is 2.43 bits per heavy atom. The lowest BCUT2D eigenvalue weighted by molar-refractivity contribution is -0.143. The Bertz CT molecular complexity index is 999. The van der Waals surface area contributed by atoms with Gasteiger partial charge in [0.25, 0.3) is 5.91 Å². The van der Waals surface area contributed by atoms with Gasteiger partial charge in [-0.1, -0.05) is 30.3 Å². The van der Waals surface area contributed by atoms with Crippen molar-refractivity contribution in [2.45, 2.75) is 6.61 Å². The minimum Gasteiger partial charge on any atom is -0.497 e. The predicted octanol–water partition coefficient (Wildman–Crippen LogP) is 3.33. The molecule has 0 aliphatic rings. The third kappa shape index (κ3) is 4.59. The summed E-state index contributed by atoms with van der Waals surface area (Å²) in [5, 5.41) is 4.59. The van der Waals surface area contributed by atoms with Gasteiger partial charge in [-0.3, -0.25) is 9.59 Å². The number of rotatable bonds is 7. The van der Waals surface area contributed by atoms with E-state index in [0.717, 1.165) is 10.8 Å². The number of carbonyl (C=O) groups is 2. The van der Waals surface area contributed by atoms with E-state index in [1.54, 1.807) is 37.4 Å². The SMILES string of the molecule is COc1ccc(OC)c(COC(=O)CNC(=O)c2ccc3ccccc3c2)c1. The van der Waals surface area contributed by atoms with Gasteiger partial charge in [-0.05, 0) is 41.1 Å². The van der Waals surface area contributed by atoms with Gasteiger partial charge in [0.2, 0.25) is 0 Å². The summed E-state index contributed by atoms with van der Waals surface area (Å²) >= 11 is 0. The number of hydrogen-bond donors (Lipinski definition) is 1. The van der Waals surface area contributed by atoms with Gasteiger partial charge < -0.3 is 19.5 Å². The highest BCUT2D eigenvalue weighted by molar-refractivity contribution is 5.99. The van der Waals surface area contributed by atoms with Crippen LogP contribution in [0.15, 0.2) is 60.7 Å². The van der Waals surface area contributed by atoms with Gasteiger partial charge in [-0.2, -0.15) is 0 Å². The highest BCUT2D eigenvalue weighted by atomic mass is 16.5. The Labute approximate surface area is 163 Å². The molecule has 1 amide bonds. The number of ether oxygens (including phenoxy) is 3. The molecule has 144 valence electrons. The summed E-state index contributed by atoms with van der Waals surface area (Å²) in [6.45, 7) is -0.205. The molecule has 0 spiro atoms. The van der Waals surface area contributed by atoms with Crippen molar-refractivity contribution in [1.82, 2.24) is 5.32 Å². The smallest absolute Gasteiger partial charge is 0.325 e. The fourth-order valence-electron chi connectivity index (χ4n) is 2.79. The number of benzene rings is 3. The molecule has 0 aromatic heterocycles. The minimum absolute atomic E-state index is 0.0189. The van der Waals surface area contributed by atoms with Crippen LogP contribution in [0.2, 0.25) is 0 Å². The fraction of sp³-hybridized carbons (Fsp3) is 0.182. The number of fused-ring (bicyclic) bond motifs is 1. The van der Waals surface area contributed by atoms with E-state index in [0.29, 0.717) is 22.6 Å². The first-order valence-corrected chi connectivity index (χ1v) is 8.74. The van der Waals surface area contributed by atoms with E-state index in [4.69, 9.17) is 14.2 Å². The Morgan fingerprint density at radius 2 is 1.68 bits per heavy atom. The van der Waals surface area contributed by atoms with Crippen molar-refractivity contribution in [2.75, 3.05) is 20.8 Å². The molecule has 3 aromatic carbocycles. The molecule has 0 fully saturated rings. The fourth-order valence-corrected chi connectivity index (χ4v) is 2.79. The summed E-state index contributed by atoms with van der Waals surface area (Å²) in [6, 6.07) is 18.4. The third-order valence-corrected chi connectivity index (χ3v) is 4.28. The Hall–Kier alpha value is -3.54. The minimum atomic E-state index is -0.543. The second-order valence-corrected chi connectivity index (χ2v) is 6.08. The van der Waals surface area contributed by atoms with Crippen LogP contribution in [0.4, 0.5) is 0 Å². The standard InChI is InChI=1S/C22H21NO5/c1-26-19-9-10-20(27-2)18(12-19)14-28-21(24)13-23-22(25)17-8-7-15-5-3-4-6-16(15)11-17/h3-12H,13-14H2,1-2H3,(H,23,25). The molecule has 0 heterocycles. The first-order chi connectivity index (χ1) is 13.6. The molecule has 1 N–H and O–H groups in total. The second-order valence-electron chi connectivity index (χ2n) is 6.08. The second kappa shape index (κ2) is 8.90. The average molecular weight is 379 g/mol. The monoisotopic (exact) mass is 379 g/mol. The number of amides is 1. The lowest BCUT2D eigenvalue weighted by atomic mass is 10.1. The molecule has 0 bridgehead atoms. The highest BCUT2D eigenvalue weighted by Crippen LogP contribution is 2.24. The maximum atomic E-state index is 12.3. The van der Waals surface area contributed by atoms with Crippen molar-refractivity contribution in [3.8, 4) is 11.5 Å². The van der Waals surface area contributed by atoms with Crippen LogP contribution in [0.25, 0.3) is 10.8 Å². The summed E-state index contributed by atoms with van der Waals surface area (Å²) in [5.74, 6) is 0.353. The summed E-state index contributed by atoms with van der Waals surface area (Å²) in [5.41, 5.74) is 1.16. The molecule has 0 unspecified atom stereocenters. The van der Waals surface area contributed by atoms with Crippen molar-refractivity contribution in [3.05, 3.63) is 71.8 Å². The Kier molecular flexibility index (Phi) is 6.11. The molecule has 0 saturated carbocycles. The largest absolute Gasteiger partial charge is 0.497 e. The van der Waals surface area contributed by atoms with Crippen molar-refractivity contribution in [3.63, 3.8) is 0 Å². The van der Waals surface area contributed by atoms with Gasteiger partial charge in [-0.15, -0.1) is 0 Å². The quantitative estimate of drug-likeness (QED) is 0.638. The molecule has 0 saturated heterocycles. The van der Waals surface area contributed by atoms with Crippen LogP contribution < -0.4 is 14.8 Å². The van der Waals surface area contributed by atoms with E-state index in [1.165, 1.54) is 7.11 Å². The van der Waals surface area contributed by atoms with Gasteiger partial charge >= 0.3 is 5.97 Å². The highest BCUT2D eigenvalue weighted by Gasteiger charge is 2.12. The summed E-state index contributed by atoms with van der Waals surface area (Å²) in [7, 11) is 3.09. The molecule has 6 nitrogen and oxygen atoms in total. The van der Waals surface area contributed by atoms with E-state index < -0.39 is 5.97 Å². The predicted molar refractivity (Wildman–Crippen MR) is 106 cm³/mol. The van der Waals surface area contributed by atoms with E-state index in [9.17, 15) is 9.59 Å². The van der Waals surface area contributed by atoms with Crippen LogP contribution in [0.5, 0.6) is 11.5 Å². The molecule has 6 heteroatoms. The molecule has 0 aliphatic carbocycles. The number of carbonyl (C=O) groups excluding carboxylic acids is 2. The van der Waals surface area contributed by atoms with Gasteiger partial charge in [0.15, 0.2) is 0 Å². The zero-order valence-corrected chi connectivity index (χ0v) is 15.7. The van der Waals surface area contributed by atoms with Crippen LogP contribution >= 0.6 is 0 Å². The number of hydrogen-bond acceptors (Lipinski definition) is 5. The van der Waals surface area contributed by atoms with Crippen molar-refractivity contribution >= 4 is 22.6 Å².